The lowest BCUT2D eigenvalue weighted by atomic mass is 9.94. The Kier molecular flexibility index (Phi) is 40.9. The molecule has 5 fully saturated rings. The number of hydrogen-bond donors (Lipinski definition) is 15. The van der Waals surface area contributed by atoms with Gasteiger partial charge >= 0.3 is 126 Å². The zero-order valence-electron chi connectivity index (χ0n) is 65.8. The second-order valence-electron chi connectivity index (χ2n) is 27.1. The summed E-state index contributed by atoms with van der Waals surface area (Å²) in [6.07, 6.45) is -73.2. The van der Waals surface area contributed by atoms with Gasteiger partial charge in [0.2, 0.25) is 6.29 Å². The Morgan fingerprint density at radius 1 is 0.341 bits per heavy atom. The predicted octanol–water partition coefficient (Wildman–Crippen LogP) is -6.24. The smallest absolute Gasteiger partial charge is 0.397 e. The summed E-state index contributed by atoms with van der Waals surface area (Å²) >= 11 is 0. The minimum atomic E-state index is -6.44. The molecule has 0 spiro atoms. The molecule has 5 rings (SSSR count). The van der Waals surface area contributed by atoms with Crippen LogP contribution in [0.3, 0.4) is 0 Å². The lowest BCUT2D eigenvalue weighted by Gasteiger charge is -2.51. The van der Waals surface area contributed by atoms with Gasteiger partial charge in [0.05, 0.1) is 19.3 Å². The van der Waals surface area contributed by atoms with Crippen LogP contribution < -0.4 is 14.2 Å². The summed E-state index contributed by atoms with van der Waals surface area (Å²) in [7, 11) is -48.3. The monoisotopic (exact) mass is 2000 g/mol. The molecule has 15 N–H and O–H groups in total. The van der Waals surface area contributed by atoms with Crippen molar-refractivity contribution in [1.29, 1.82) is 0 Å². The van der Waals surface area contributed by atoms with Gasteiger partial charge in [-0.05, 0) is 38.5 Å². The van der Waals surface area contributed by atoms with Crippen molar-refractivity contribution in [1.82, 2.24) is 14.2 Å². The fraction of sp³-hybridized carbons (Fsp3) is 0.810. The number of aliphatic carboxylic acids is 3. The topological polar surface area (TPSA) is 890 Å². The molecule has 0 aromatic rings. The lowest BCUT2D eigenvalue weighted by molar-refractivity contribution is -0.372. The first kappa shape index (κ1) is 110. The third kappa shape index (κ3) is 35.9. The van der Waals surface area contributed by atoms with Gasteiger partial charge in [0.1, 0.15) is 85.1 Å². The van der Waals surface area contributed by atoms with Gasteiger partial charge in [-0.2, -0.15) is 81.5 Å². The quantitative estimate of drug-likeness (QED) is 0.00886. The number of ether oxygens (including phenoxy) is 16. The van der Waals surface area contributed by atoms with Gasteiger partial charge in [-0.1, -0.05) is 41.5 Å². The minimum Gasteiger partial charge on any atom is -0.479 e. The Labute approximate surface area is 716 Å². The second kappa shape index (κ2) is 46.9. The molecule has 5 saturated heterocycles. The molecule has 68 heteroatoms. The highest BCUT2D eigenvalue weighted by atomic mass is 32.3. The molecule has 60 nitrogen and oxygen atoms in total. The third-order valence-electron chi connectivity index (χ3n) is 17.1. The van der Waals surface area contributed by atoms with Crippen molar-refractivity contribution in [3.05, 3.63) is 11.8 Å². The molecule has 0 bridgehead atoms. The van der Waals surface area contributed by atoms with Crippen molar-refractivity contribution < 1.29 is 260 Å². The SMILES string of the molecule is CCCC(=O)OC/C(=C\C(=O)O)O[C@H]1O[C@H](COS(=O)(=O)O)[C@@H](O[C@@H]2O[C@@H](C(=O)O)[C@@H](O[C@H]3O[C@H](COS(=O)(=O)O)[C@@H](O[C@@H]4O[C@@H](C(=O)O)[C@@H](O[C@H]5O[C@H](CS(=O)(=O)O)[C@@H](O)[C@H](OC(=O)CCC)[C@H]5NS(=O)(=O)O)[C@H](OC(=O)CCC)[C@H]4OS(=O)(=O)O)[C@H](OC(=O)CCC)[C@H]3NS(=O)(=O)O)[C@H](OC(=O)CCC)[C@H]2OS(=O)(=O)O)[C@H](OC(=O)CCC)[C@H]1NS(=O)(=O)O. The van der Waals surface area contributed by atoms with Crippen LogP contribution in [0, 0.1) is 0 Å². The zero-order valence-corrected chi connectivity index (χ0v) is 72.4. The number of esters is 6. The first-order valence-electron chi connectivity index (χ1n) is 36.5. The van der Waals surface area contributed by atoms with Gasteiger partial charge < -0.3 is 96.2 Å². The molecule has 0 saturated carbocycles. The first-order valence-corrected chi connectivity index (χ1v) is 47.9. The molecule has 728 valence electrons. The van der Waals surface area contributed by atoms with E-state index in [1.165, 1.54) is 55.7 Å². The highest BCUT2D eigenvalue weighted by Crippen LogP contribution is 2.42. The maximum Gasteiger partial charge on any atom is 0.397 e. The lowest BCUT2D eigenvalue weighted by Crippen LogP contribution is -2.72. The fourth-order valence-electron chi connectivity index (χ4n) is 12.4. The normalized spacial score (nSPS) is 30.9. The Bertz CT molecular complexity index is 4790. The largest absolute Gasteiger partial charge is 0.479 e. The van der Waals surface area contributed by atoms with Gasteiger partial charge in [-0.25, -0.2) is 31.1 Å². The summed E-state index contributed by atoms with van der Waals surface area (Å²) in [4.78, 5) is 121. The number of carboxylic acid groups (broad SMARTS) is 3. The van der Waals surface area contributed by atoms with Crippen molar-refractivity contribution in [3.63, 3.8) is 0 Å². The van der Waals surface area contributed by atoms with Crippen molar-refractivity contribution in [2.45, 2.75) is 272 Å². The summed E-state index contributed by atoms with van der Waals surface area (Å²) in [5, 5.41) is 43.5. The van der Waals surface area contributed by atoms with E-state index in [-0.39, 0.29) is 51.0 Å². The number of rotatable bonds is 50. The van der Waals surface area contributed by atoms with E-state index >= 15 is 0 Å². The molecule has 5 heterocycles. The second-order valence-corrected chi connectivity index (χ2v) is 36.4. The Morgan fingerprint density at radius 2 is 0.643 bits per heavy atom. The average molecular weight is 2000 g/mol. The number of aliphatic hydroxyl groups is 1. The van der Waals surface area contributed by atoms with Gasteiger partial charge in [0, 0.05) is 38.5 Å². The van der Waals surface area contributed by atoms with E-state index < -0.39 is 353 Å². The molecule has 0 amide bonds. The number of nitrogens with one attached hydrogen (secondary N) is 3. The van der Waals surface area contributed by atoms with Gasteiger partial charge in [-0.3, -0.25) is 65.2 Å². The molecule has 0 unspecified atom stereocenters. The van der Waals surface area contributed by atoms with Crippen LogP contribution in [0.2, 0.25) is 0 Å². The van der Waals surface area contributed by atoms with Crippen molar-refractivity contribution >= 4 is 136 Å². The molecule has 25 atom stereocenters. The summed E-state index contributed by atoms with van der Waals surface area (Å²) in [5.74, 6) is -18.9. The molecule has 0 radical (unpaired) electrons. The number of hydrogen-bond acceptors (Lipinski definition) is 46. The molecule has 5 aliphatic heterocycles. The van der Waals surface area contributed by atoms with E-state index in [2.05, 4.69) is 8.37 Å². The molecule has 126 heavy (non-hydrogen) atoms. The summed E-state index contributed by atoms with van der Waals surface area (Å²) in [6, 6.07) is -8.75. The van der Waals surface area contributed by atoms with Crippen LogP contribution in [-0.2, 0) is 218 Å². The number of carbonyl (C=O) groups is 9. The zero-order chi connectivity index (χ0) is 95.5. The molecular formula is C58H91N3O57S8. The van der Waals surface area contributed by atoms with Crippen LogP contribution in [0.5, 0.6) is 0 Å². The van der Waals surface area contributed by atoms with E-state index in [0.29, 0.717) is 0 Å². The highest BCUT2D eigenvalue weighted by molar-refractivity contribution is 7.86. The Balaban J connectivity index is 1.88. The molecule has 0 aliphatic carbocycles. The van der Waals surface area contributed by atoms with E-state index in [4.69, 9.17) is 84.2 Å². The van der Waals surface area contributed by atoms with Gasteiger partial charge in [0.25, 0.3) is 10.1 Å². The van der Waals surface area contributed by atoms with E-state index in [1.54, 1.807) is 0 Å². The maximum absolute atomic E-state index is 14.1. The molecule has 0 aromatic carbocycles. The van der Waals surface area contributed by atoms with Crippen LogP contribution in [0.4, 0.5) is 0 Å². The van der Waals surface area contributed by atoms with Crippen molar-refractivity contribution in [3.8, 4) is 0 Å². The molecule has 5 aliphatic rings. The van der Waals surface area contributed by atoms with Crippen LogP contribution in [-0.4, -0.2) is 357 Å². The first-order chi connectivity index (χ1) is 58.0. The van der Waals surface area contributed by atoms with Crippen LogP contribution in [0.25, 0.3) is 0 Å². The number of carboxylic acids is 3. The summed E-state index contributed by atoms with van der Waals surface area (Å²) < 4.78 is 401. The predicted molar refractivity (Wildman–Crippen MR) is 390 cm³/mol. The number of carbonyl (C=O) groups excluding carboxylic acids is 6. The third-order valence-corrected chi connectivity index (χ3v) is 21.3. The van der Waals surface area contributed by atoms with Crippen molar-refractivity contribution in [2.75, 3.05) is 25.6 Å². The fourth-order valence-corrected chi connectivity index (χ4v) is 16.5. The van der Waals surface area contributed by atoms with Crippen molar-refractivity contribution in [2.24, 2.45) is 0 Å². The van der Waals surface area contributed by atoms with Gasteiger partial charge in [0.15, 0.2) is 80.1 Å². The highest BCUT2D eigenvalue weighted by Gasteiger charge is 2.64. The maximum atomic E-state index is 14.1. The van der Waals surface area contributed by atoms with Crippen LogP contribution in [0.15, 0.2) is 11.8 Å². The molecule has 0 aromatic heterocycles. The van der Waals surface area contributed by atoms with Crippen LogP contribution in [0.1, 0.15) is 119 Å². The van der Waals surface area contributed by atoms with E-state index in [1.807, 2.05) is 0 Å². The summed E-state index contributed by atoms with van der Waals surface area (Å²) in [6.45, 7) is 2.71. The van der Waals surface area contributed by atoms with E-state index in [9.17, 15) is 167 Å². The minimum absolute atomic E-state index is 0.103. The average Bonchev–Trinajstić information content (AvgIpc) is 0.749. The molecular weight excluding hydrogens is 1910 g/mol. The Morgan fingerprint density at radius 3 is 0.952 bits per heavy atom. The standard InChI is InChI=1S/C58H91N3O57S8/c1-7-13-29(64)99-20-24(19-28(62)63)102-54-36(60-121(81,82)83)42(107-31(66)15-9-3)39(25(103-54)21-100-123(87,88)89)111-57-51(118-126(96,97)98)47(110-34(69)18-12-6)45(49(116-57)53(73)74)114-56-37(61-122(84,85)86)43(108-32(67)16-10-4)40(26(104-56)22-101-124(90,91)92)112-58-50(117-125(93,94)95)46(109-33(68)17-11-5)44(48(115-58)52(71)72)113-55-35(59-120(78,79)80)41(106-30(65)14-8-2)38(70)27(105-55)23-119(75,76)77/h19,25-27,35-51,54-61,70H,7-18,20-23H2,1-6H3,(H,62,63)(H,71,72)(H,73,74)(H,75,76,77)(H,78,79,80)(H,81,82,83)(H,84,85,86)(H,87,88,89)(H,90,91,92)(H,93,94,95)(H,96,97,98)/b24-19+/t25-,26-,27-,35-,36-,37-,38-,39-,40-,41-,42-,43-,44+,45+,46+,47+,48-,49-,50-,51-,54+,55-,56-,57-,58-/m1/s1. The Hall–Kier alpha value is -6.63. The van der Waals surface area contributed by atoms with Crippen LogP contribution >= 0.6 is 0 Å². The van der Waals surface area contributed by atoms with E-state index in [0.717, 1.165) is 0 Å². The summed E-state index contributed by atoms with van der Waals surface area (Å²) in [5.41, 5.74) is 0. The number of aliphatic hydroxyl groups excluding tert-OH is 1. The van der Waals surface area contributed by atoms with Gasteiger partial charge in [-0.15, -0.1) is 0 Å².